The molecule has 0 saturated carbocycles. The molecule has 0 amide bonds. The number of nitriles is 1. The molecule has 1 heterocycles. The number of carboxylic acids is 1. The van der Waals surface area contributed by atoms with Gasteiger partial charge in [-0.2, -0.15) is 5.26 Å². The van der Waals surface area contributed by atoms with Crippen LogP contribution in [0, 0.1) is 17.2 Å². The van der Waals surface area contributed by atoms with Crippen LogP contribution in [0.5, 0.6) is 0 Å². The molecule has 0 bridgehead atoms. The van der Waals surface area contributed by atoms with Gasteiger partial charge >= 0.3 is 5.97 Å². The minimum atomic E-state index is -0.737. The molecule has 1 aliphatic rings. The molecular formula is C14H15BrN2O2. The maximum absolute atomic E-state index is 10.6. The van der Waals surface area contributed by atoms with Crippen LogP contribution in [-0.4, -0.2) is 24.2 Å². The molecule has 1 atom stereocenters. The molecule has 2 rings (SSSR count). The van der Waals surface area contributed by atoms with Crippen LogP contribution in [0.2, 0.25) is 0 Å². The van der Waals surface area contributed by atoms with E-state index in [0.717, 1.165) is 29.7 Å². The number of carbonyl (C=O) groups is 1. The lowest BCUT2D eigenvalue weighted by molar-refractivity contribution is -0.137. The summed E-state index contributed by atoms with van der Waals surface area (Å²) in [7, 11) is 0. The Morgan fingerprint density at radius 1 is 1.58 bits per heavy atom. The smallest absolute Gasteiger partial charge is 0.303 e. The average Bonchev–Trinajstić information content (AvgIpc) is 2.84. The third-order valence-corrected chi connectivity index (χ3v) is 4.16. The Bertz CT molecular complexity index is 525. The highest BCUT2D eigenvalue weighted by molar-refractivity contribution is 9.10. The highest BCUT2D eigenvalue weighted by Gasteiger charge is 2.25. The van der Waals surface area contributed by atoms with Gasteiger partial charge in [-0.05, 0) is 46.8 Å². The number of halogens is 1. The minimum absolute atomic E-state index is 0.224. The number of hydrogen-bond acceptors (Lipinski definition) is 3. The van der Waals surface area contributed by atoms with Crippen molar-refractivity contribution >= 4 is 27.6 Å². The summed E-state index contributed by atoms with van der Waals surface area (Å²) in [6.45, 7) is 1.72. The monoisotopic (exact) mass is 322 g/mol. The zero-order valence-electron chi connectivity index (χ0n) is 10.5. The van der Waals surface area contributed by atoms with E-state index in [1.54, 1.807) is 0 Å². The molecule has 4 nitrogen and oxygen atoms in total. The largest absolute Gasteiger partial charge is 0.481 e. The summed E-state index contributed by atoms with van der Waals surface area (Å²) >= 11 is 3.39. The molecule has 1 N–H and O–H groups in total. The van der Waals surface area contributed by atoms with Crippen LogP contribution in [0.1, 0.15) is 24.8 Å². The summed E-state index contributed by atoms with van der Waals surface area (Å²) in [5.74, 6) is -0.333. The predicted molar refractivity (Wildman–Crippen MR) is 76.0 cm³/mol. The molecule has 19 heavy (non-hydrogen) atoms. The van der Waals surface area contributed by atoms with Crippen LogP contribution in [0.25, 0.3) is 0 Å². The number of aliphatic carboxylic acids is 1. The van der Waals surface area contributed by atoms with Gasteiger partial charge in [0.2, 0.25) is 0 Å². The molecule has 1 aliphatic heterocycles. The second-order valence-corrected chi connectivity index (χ2v) is 5.63. The van der Waals surface area contributed by atoms with E-state index in [9.17, 15) is 10.1 Å². The van der Waals surface area contributed by atoms with Crippen LogP contribution < -0.4 is 4.90 Å². The third-order valence-electron chi connectivity index (χ3n) is 3.50. The van der Waals surface area contributed by atoms with E-state index >= 15 is 0 Å². The first kappa shape index (κ1) is 13.9. The Labute approximate surface area is 120 Å². The number of carboxylic acid groups (broad SMARTS) is 1. The van der Waals surface area contributed by atoms with Gasteiger partial charge in [-0.1, -0.05) is 6.07 Å². The summed E-state index contributed by atoms with van der Waals surface area (Å²) in [6.07, 6.45) is 1.93. The summed E-state index contributed by atoms with van der Waals surface area (Å²) in [5.41, 5.74) is 1.59. The summed E-state index contributed by atoms with van der Waals surface area (Å²) in [6, 6.07) is 7.95. The second kappa shape index (κ2) is 6.07. The number of nitrogens with zero attached hydrogens (tertiary/aromatic N) is 2. The molecule has 1 aromatic carbocycles. The van der Waals surface area contributed by atoms with Gasteiger partial charge in [0.05, 0.1) is 11.3 Å². The van der Waals surface area contributed by atoms with Crippen LogP contribution in [-0.2, 0) is 4.79 Å². The zero-order chi connectivity index (χ0) is 13.8. The Kier molecular flexibility index (Phi) is 4.43. The maximum atomic E-state index is 10.6. The molecule has 100 valence electrons. The summed E-state index contributed by atoms with van der Waals surface area (Å²) < 4.78 is 0.807. The number of benzene rings is 1. The van der Waals surface area contributed by atoms with Crippen LogP contribution >= 0.6 is 15.9 Å². The molecule has 0 spiro atoms. The van der Waals surface area contributed by atoms with Crippen molar-refractivity contribution in [3.63, 3.8) is 0 Å². The third kappa shape index (κ3) is 3.27. The number of anilines is 1. The van der Waals surface area contributed by atoms with Crippen molar-refractivity contribution in [3.05, 3.63) is 28.2 Å². The zero-order valence-corrected chi connectivity index (χ0v) is 12.1. The van der Waals surface area contributed by atoms with Crippen molar-refractivity contribution in [3.8, 4) is 6.07 Å². The van der Waals surface area contributed by atoms with Gasteiger partial charge in [-0.15, -0.1) is 0 Å². The average molecular weight is 323 g/mol. The number of hydrogen-bond donors (Lipinski definition) is 1. The minimum Gasteiger partial charge on any atom is -0.481 e. The van der Waals surface area contributed by atoms with Crippen molar-refractivity contribution in [2.75, 3.05) is 18.0 Å². The first-order valence-corrected chi connectivity index (χ1v) is 7.06. The lowest BCUT2D eigenvalue weighted by Gasteiger charge is -2.20. The van der Waals surface area contributed by atoms with E-state index in [4.69, 9.17) is 5.11 Å². The van der Waals surface area contributed by atoms with Gasteiger partial charge in [0.15, 0.2) is 0 Å². The Morgan fingerprint density at radius 2 is 2.37 bits per heavy atom. The quantitative estimate of drug-likeness (QED) is 0.925. The van der Waals surface area contributed by atoms with Gasteiger partial charge in [0.25, 0.3) is 0 Å². The summed E-state index contributed by atoms with van der Waals surface area (Å²) in [5, 5.41) is 17.9. The first-order chi connectivity index (χ1) is 9.11. The van der Waals surface area contributed by atoms with Crippen molar-refractivity contribution in [2.45, 2.75) is 19.3 Å². The van der Waals surface area contributed by atoms with Crippen LogP contribution in [0.3, 0.4) is 0 Å². The Balaban J connectivity index is 2.07. The fourth-order valence-electron chi connectivity index (χ4n) is 2.50. The van der Waals surface area contributed by atoms with Crippen LogP contribution in [0.15, 0.2) is 22.7 Å². The highest BCUT2D eigenvalue weighted by atomic mass is 79.9. The SMILES string of the molecule is N#Cc1c(Br)cccc1N1CCC(CCC(=O)O)C1. The molecule has 0 radical (unpaired) electrons. The molecule has 1 fully saturated rings. The molecule has 1 unspecified atom stereocenters. The fraction of sp³-hybridized carbons (Fsp3) is 0.429. The van der Waals surface area contributed by atoms with E-state index in [-0.39, 0.29) is 6.42 Å². The summed E-state index contributed by atoms with van der Waals surface area (Å²) in [4.78, 5) is 12.8. The molecule has 0 aromatic heterocycles. The van der Waals surface area contributed by atoms with Crippen LogP contribution in [0.4, 0.5) is 5.69 Å². The van der Waals surface area contributed by atoms with Crippen molar-refractivity contribution in [1.29, 1.82) is 5.26 Å². The molecule has 5 heteroatoms. The van der Waals surface area contributed by atoms with E-state index in [1.165, 1.54) is 0 Å². The molecule has 1 saturated heterocycles. The fourth-order valence-corrected chi connectivity index (χ4v) is 2.95. The van der Waals surface area contributed by atoms with Crippen molar-refractivity contribution in [1.82, 2.24) is 0 Å². The van der Waals surface area contributed by atoms with Gasteiger partial charge in [0, 0.05) is 24.0 Å². The number of rotatable bonds is 4. The molecule has 1 aromatic rings. The van der Waals surface area contributed by atoms with E-state index in [1.807, 2.05) is 18.2 Å². The predicted octanol–water partition coefficient (Wildman–Crippen LogP) is 3.01. The molecule has 0 aliphatic carbocycles. The van der Waals surface area contributed by atoms with E-state index in [0.29, 0.717) is 17.9 Å². The second-order valence-electron chi connectivity index (χ2n) is 4.78. The topological polar surface area (TPSA) is 64.3 Å². The van der Waals surface area contributed by atoms with E-state index in [2.05, 4.69) is 26.9 Å². The van der Waals surface area contributed by atoms with Gasteiger partial charge < -0.3 is 10.0 Å². The van der Waals surface area contributed by atoms with Crippen molar-refractivity contribution < 1.29 is 9.90 Å². The Morgan fingerprint density at radius 3 is 3.05 bits per heavy atom. The normalized spacial score (nSPS) is 18.3. The molecular weight excluding hydrogens is 308 g/mol. The van der Waals surface area contributed by atoms with Crippen molar-refractivity contribution in [2.24, 2.45) is 5.92 Å². The van der Waals surface area contributed by atoms with E-state index < -0.39 is 5.97 Å². The standard InChI is InChI=1S/C14H15BrN2O2/c15-12-2-1-3-13(11(12)8-16)17-7-6-10(9-17)4-5-14(18)19/h1-3,10H,4-7,9H2,(H,18,19). The maximum Gasteiger partial charge on any atom is 0.303 e. The first-order valence-electron chi connectivity index (χ1n) is 6.27. The van der Waals surface area contributed by atoms with Gasteiger partial charge in [0.1, 0.15) is 6.07 Å². The van der Waals surface area contributed by atoms with Gasteiger partial charge in [-0.3, -0.25) is 4.79 Å². The Hall–Kier alpha value is -1.54. The van der Waals surface area contributed by atoms with Gasteiger partial charge in [-0.25, -0.2) is 0 Å². The lowest BCUT2D eigenvalue weighted by atomic mass is 10.0. The highest BCUT2D eigenvalue weighted by Crippen LogP contribution is 2.32. The lowest BCUT2D eigenvalue weighted by Crippen LogP contribution is -2.21.